The summed E-state index contributed by atoms with van der Waals surface area (Å²) in [6, 6.07) is 0. The van der Waals surface area contributed by atoms with Gasteiger partial charge in [-0.15, -0.1) is 0 Å². The third kappa shape index (κ3) is 7.94. The van der Waals surface area contributed by atoms with Crippen LogP contribution in [0.25, 0.3) is 0 Å². The third-order valence-corrected chi connectivity index (χ3v) is 1.27. The van der Waals surface area contributed by atoms with Gasteiger partial charge in [0, 0.05) is 0 Å². The molecule has 6 heteroatoms. The normalized spacial score (nSPS) is 17.3. The summed E-state index contributed by atoms with van der Waals surface area (Å²) in [7, 11) is 0. The van der Waals surface area contributed by atoms with E-state index in [0.29, 0.717) is 0 Å². The SMILES string of the molecule is C1=NCC[NH2+]1.C1=NCC[NH2+]1.[Cl-].[Cl-]. The molecule has 0 fully saturated rings. The van der Waals surface area contributed by atoms with Crippen LogP contribution in [0.5, 0.6) is 0 Å². The first kappa shape index (κ1) is 14.4. The minimum Gasteiger partial charge on any atom is -1.00 e. The highest BCUT2D eigenvalue weighted by Crippen LogP contribution is 1.59. The molecular weight excluding hydrogens is 199 g/mol. The number of rotatable bonds is 0. The molecule has 0 unspecified atom stereocenters. The van der Waals surface area contributed by atoms with Crippen molar-refractivity contribution < 1.29 is 35.4 Å². The number of hydrogen-bond acceptors (Lipinski definition) is 2. The molecule has 2 aliphatic heterocycles. The van der Waals surface area contributed by atoms with Crippen LogP contribution < -0.4 is 35.4 Å². The molecule has 2 aliphatic rings. The molecule has 0 amide bonds. The molecular formula is C6H14Cl2N4. The molecule has 0 aromatic heterocycles. The predicted octanol–water partition coefficient (Wildman–Crippen LogP) is -8.81. The minimum atomic E-state index is 0. The van der Waals surface area contributed by atoms with Crippen molar-refractivity contribution >= 4 is 12.7 Å². The topological polar surface area (TPSA) is 57.9 Å². The lowest BCUT2D eigenvalue weighted by Crippen LogP contribution is -3.00. The van der Waals surface area contributed by atoms with Gasteiger partial charge in [-0.1, -0.05) is 0 Å². The molecule has 0 saturated heterocycles. The quantitative estimate of drug-likeness (QED) is 0.401. The first-order valence-corrected chi connectivity index (χ1v) is 3.63. The number of hydrogen-bond donors (Lipinski definition) is 2. The van der Waals surface area contributed by atoms with Crippen molar-refractivity contribution in [1.82, 2.24) is 0 Å². The molecule has 0 bridgehead atoms. The molecule has 2 heterocycles. The highest BCUT2D eigenvalue weighted by Gasteiger charge is 1.89. The predicted molar refractivity (Wildman–Crippen MR) is 40.3 cm³/mol. The smallest absolute Gasteiger partial charge is 0.182 e. The Morgan fingerprint density at radius 1 is 0.833 bits per heavy atom. The second kappa shape index (κ2) is 10.8. The van der Waals surface area contributed by atoms with Gasteiger partial charge in [-0.2, -0.15) is 0 Å². The Balaban J connectivity index is 0. The van der Waals surface area contributed by atoms with Gasteiger partial charge in [0.15, 0.2) is 12.7 Å². The highest BCUT2D eigenvalue weighted by molar-refractivity contribution is 5.43. The largest absolute Gasteiger partial charge is 1.00 e. The van der Waals surface area contributed by atoms with Gasteiger partial charge in [0.1, 0.15) is 13.1 Å². The van der Waals surface area contributed by atoms with Gasteiger partial charge in [0.2, 0.25) is 0 Å². The summed E-state index contributed by atoms with van der Waals surface area (Å²) in [6.45, 7) is 4.33. The number of aliphatic imine (C=N–C) groups is 2. The molecule has 12 heavy (non-hydrogen) atoms. The maximum Gasteiger partial charge on any atom is 0.182 e. The highest BCUT2D eigenvalue weighted by atomic mass is 35.5. The van der Waals surface area contributed by atoms with E-state index >= 15 is 0 Å². The van der Waals surface area contributed by atoms with E-state index in [4.69, 9.17) is 0 Å². The van der Waals surface area contributed by atoms with Crippen LogP contribution >= 0.6 is 0 Å². The maximum atomic E-state index is 3.90. The molecule has 2 rings (SSSR count). The number of quaternary nitrogens is 2. The molecule has 72 valence electrons. The fraction of sp³-hybridized carbons (Fsp3) is 0.667. The maximum absolute atomic E-state index is 3.90. The third-order valence-electron chi connectivity index (χ3n) is 1.27. The van der Waals surface area contributed by atoms with Gasteiger partial charge >= 0.3 is 0 Å². The van der Waals surface area contributed by atoms with E-state index < -0.39 is 0 Å². The van der Waals surface area contributed by atoms with E-state index in [9.17, 15) is 0 Å². The summed E-state index contributed by atoms with van der Waals surface area (Å²) in [6.07, 6.45) is 3.72. The average Bonchev–Trinajstić information content (AvgIpc) is 2.67. The summed E-state index contributed by atoms with van der Waals surface area (Å²) < 4.78 is 0. The first-order valence-electron chi connectivity index (χ1n) is 3.63. The van der Waals surface area contributed by atoms with Crippen molar-refractivity contribution in [3.63, 3.8) is 0 Å². The summed E-state index contributed by atoms with van der Waals surface area (Å²) in [5.74, 6) is 0. The molecule has 0 aromatic carbocycles. The molecule has 0 aliphatic carbocycles. The minimum absolute atomic E-state index is 0. The number of halogens is 2. The Morgan fingerprint density at radius 2 is 1.25 bits per heavy atom. The van der Waals surface area contributed by atoms with Crippen molar-refractivity contribution in [1.29, 1.82) is 0 Å². The van der Waals surface area contributed by atoms with Crippen LogP contribution in [0.1, 0.15) is 0 Å². The zero-order valence-corrected chi connectivity index (χ0v) is 8.30. The van der Waals surface area contributed by atoms with Crippen LogP contribution in [-0.4, -0.2) is 38.9 Å². The molecule has 0 atom stereocenters. The lowest BCUT2D eigenvalue weighted by Gasteiger charge is -1.68. The fourth-order valence-electron chi connectivity index (χ4n) is 0.745. The Morgan fingerprint density at radius 3 is 1.33 bits per heavy atom. The molecule has 4 N–H and O–H groups in total. The standard InChI is InChI=1S/2C3H6N2.2ClH/c2*1-2-5-3-4-1;;/h2*3H,1-2H2,(H,4,5);2*1H. The van der Waals surface area contributed by atoms with Crippen molar-refractivity contribution in [2.24, 2.45) is 9.98 Å². The number of nitrogens with two attached hydrogens (primary N) is 2. The van der Waals surface area contributed by atoms with Crippen molar-refractivity contribution in [2.45, 2.75) is 0 Å². The molecule has 4 nitrogen and oxygen atoms in total. The number of nitrogens with zero attached hydrogens (tertiary/aromatic N) is 2. The monoisotopic (exact) mass is 212 g/mol. The van der Waals surface area contributed by atoms with E-state index in [-0.39, 0.29) is 24.8 Å². The van der Waals surface area contributed by atoms with Crippen molar-refractivity contribution in [3.05, 3.63) is 0 Å². The van der Waals surface area contributed by atoms with Crippen LogP contribution in [0.4, 0.5) is 0 Å². The molecule has 0 aromatic rings. The second-order valence-electron chi connectivity index (χ2n) is 2.16. The van der Waals surface area contributed by atoms with E-state index in [1.165, 1.54) is 0 Å². The van der Waals surface area contributed by atoms with Crippen LogP contribution in [-0.2, 0) is 0 Å². The van der Waals surface area contributed by atoms with Crippen molar-refractivity contribution in [2.75, 3.05) is 26.2 Å². The fourth-order valence-corrected chi connectivity index (χ4v) is 0.745. The van der Waals surface area contributed by atoms with Crippen LogP contribution in [0.15, 0.2) is 9.98 Å². The van der Waals surface area contributed by atoms with Crippen LogP contribution in [0.2, 0.25) is 0 Å². The summed E-state index contributed by atoms with van der Waals surface area (Å²) in [5, 5.41) is 4.14. The Labute approximate surface area is 84.8 Å². The van der Waals surface area contributed by atoms with Gasteiger partial charge < -0.3 is 35.4 Å². The zero-order chi connectivity index (χ0) is 7.07. The summed E-state index contributed by atoms with van der Waals surface area (Å²) in [4.78, 5) is 7.81. The van der Waals surface area contributed by atoms with Gasteiger partial charge in [-0.05, 0) is 0 Å². The lowest BCUT2D eigenvalue weighted by molar-refractivity contribution is -0.518. The van der Waals surface area contributed by atoms with Crippen LogP contribution in [0.3, 0.4) is 0 Å². The van der Waals surface area contributed by atoms with Gasteiger partial charge in [0.25, 0.3) is 0 Å². The second-order valence-corrected chi connectivity index (χ2v) is 2.16. The molecule has 0 radical (unpaired) electrons. The molecule has 0 saturated carbocycles. The Hall–Kier alpha value is -0.160. The van der Waals surface area contributed by atoms with Gasteiger partial charge in [0.05, 0.1) is 13.1 Å². The van der Waals surface area contributed by atoms with Crippen molar-refractivity contribution in [3.8, 4) is 0 Å². The van der Waals surface area contributed by atoms with E-state index in [2.05, 4.69) is 20.6 Å². The lowest BCUT2D eigenvalue weighted by atomic mass is 10.7. The zero-order valence-electron chi connectivity index (χ0n) is 6.79. The van der Waals surface area contributed by atoms with Gasteiger partial charge in [-0.3, -0.25) is 0 Å². The first-order chi connectivity index (χ1) is 5.00. The van der Waals surface area contributed by atoms with E-state index in [0.717, 1.165) is 26.2 Å². The Bertz CT molecular complexity index is 110. The summed E-state index contributed by atoms with van der Waals surface area (Å²) in [5.41, 5.74) is 0. The summed E-state index contributed by atoms with van der Waals surface area (Å²) >= 11 is 0. The average molecular weight is 213 g/mol. The van der Waals surface area contributed by atoms with E-state index in [1.54, 1.807) is 0 Å². The molecule has 0 spiro atoms. The Kier molecular flexibility index (Phi) is 13.0. The van der Waals surface area contributed by atoms with E-state index in [1.807, 2.05) is 12.7 Å². The van der Waals surface area contributed by atoms with Crippen LogP contribution in [0, 0.1) is 0 Å². The van der Waals surface area contributed by atoms with Gasteiger partial charge in [-0.25, -0.2) is 9.98 Å².